The highest BCUT2D eigenvalue weighted by Gasteiger charge is 2.35. The van der Waals surface area contributed by atoms with E-state index in [0.717, 1.165) is 47.5 Å². The number of anilines is 1. The topological polar surface area (TPSA) is 96.0 Å². The van der Waals surface area contributed by atoms with Gasteiger partial charge in [0.25, 0.3) is 10.0 Å². The number of halogens is 1. The lowest BCUT2D eigenvalue weighted by Crippen LogP contribution is -2.55. The van der Waals surface area contributed by atoms with Gasteiger partial charge in [-0.25, -0.2) is 12.8 Å². The number of amides is 2. The van der Waals surface area contributed by atoms with Gasteiger partial charge in [-0.2, -0.15) is 0 Å². The van der Waals surface area contributed by atoms with E-state index in [2.05, 4.69) is 5.32 Å². The van der Waals surface area contributed by atoms with E-state index in [1.165, 1.54) is 36.3 Å². The van der Waals surface area contributed by atoms with Gasteiger partial charge < -0.3 is 15.0 Å². The lowest BCUT2D eigenvalue weighted by Gasteiger charge is -2.35. The standard InChI is InChI=1S/C38H42FN3O5S/c1-28-16-22-35(23-17-28)48(45,46)42(33-14-9-15-34(25-33)47-2)27-37(43)41(26-30-18-20-31(39)21-19-30)36(24-29-10-5-3-6-11-29)38(44)40-32-12-7-4-8-13-32/h3,5-6,9-11,14-23,25,32,36H,4,7-8,12-13,24,26-27H2,1-2H3,(H,40,44)/t36-/m1/s1. The summed E-state index contributed by atoms with van der Waals surface area (Å²) in [5, 5.41) is 3.19. The predicted molar refractivity (Wildman–Crippen MR) is 185 cm³/mol. The molecule has 1 atom stereocenters. The first-order chi connectivity index (χ1) is 23.1. The second kappa shape index (κ2) is 15.9. The van der Waals surface area contributed by atoms with Gasteiger partial charge in [0.2, 0.25) is 11.8 Å². The molecule has 0 heterocycles. The Morgan fingerprint density at radius 2 is 1.56 bits per heavy atom. The summed E-state index contributed by atoms with van der Waals surface area (Å²) >= 11 is 0. The van der Waals surface area contributed by atoms with E-state index in [9.17, 15) is 22.4 Å². The fraction of sp³-hybridized carbons (Fsp3) is 0.316. The fourth-order valence-corrected chi connectivity index (χ4v) is 7.42. The maximum atomic E-state index is 14.6. The number of carbonyl (C=O) groups is 2. The number of hydrogen-bond acceptors (Lipinski definition) is 5. The van der Waals surface area contributed by atoms with Crippen molar-refractivity contribution in [3.05, 3.63) is 126 Å². The molecule has 2 amide bonds. The normalized spacial score (nSPS) is 14.1. The first-order valence-corrected chi connectivity index (χ1v) is 17.7. The Hall–Kier alpha value is -4.70. The van der Waals surface area contributed by atoms with Crippen LogP contribution in [-0.4, -0.2) is 50.9 Å². The molecule has 0 aromatic heterocycles. The van der Waals surface area contributed by atoms with Crippen molar-refractivity contribution in [1.82, 2.24) is 10.2 Å². The van der Waals surface area contributed by atoms with Gasteiger partial charge >= 0.3 is 0 Å². The van der Waals surface area contributed by atoms with Crippen LogP contribution in [0.3, 0.4) is 0 Å². The highest BCUT2D eigenvalue weighted by atomic mass is 32.2. The van der Waals surface area contributed by atoms with Crippen molar-refractivity contribution < 1.29 is 27.1 Å². The average Bonchev–Trinajstić information content (AvgIpc) is 3.10. The summed E-state index contributed by atoms with van der Waals surface area (Å²) in [4.78, 5) is 30.3. The number of benzene rings is 4. The Balaban J connectivity index is 1.57. The fourth-order valence-electron chi connectivity index (χ4n) is 6.02. The predicted octanol–water partition coefficient (Wildman–Crippen LogP) is 6.43. The van der Waals surface area contributed by atoms with Crippen LogP contribution in [0.4, 0.5) is 10.1 Å². The summed E-state index contributed by atoms with van der Waals surface area (Å²) in [6.07, 6.45) is 5.06. The second-order valence-corrected chi connectivity index (χ2v) is 14.1. The highest BCUT2D eigenvalue weighted by molar-refractivity contribution is 7.92. The van der Waals surface area contributed by atoms with Gasteiger partial charge in [0, 0.05) is 25.1 Å². The molecule has 1 aliphatic carbocycles. The molecule has 0 aliphatic heterocycles. The zero-order valence-electron chi connectivity index (χ0n) is 27.3. The summed E-state index contributed by atoms with van der Waals surface area (Å²) in [5.74, 6) is -0.907. The Kier molecular flexibility index (Phi) is 11.5. The van der Waals surface area contributed by atoms with E-state index >= 15 is 0 Å². The maximum absolute atomic E-state index is 14.6. The van der Waals surface area contributed by atoms with E-state index < -0.39 is 34.3 Å². The molecular formula is C38H42FN3O5S. The summed E-state index contributed by atoms with van der Waals surface area (Å²) in [7, 11) is -2.77. The molecule has 0 radical (unpaired) electrons. The first-order valence-electron chi connectivity index (χ1n) is 16.3. The molecule has 1 fully saturated rings. The highest BCUT2D eigenvalue weighted by Crippen LogP contribution is 2.28. The maximum Gasteiger partial charge on any atom is 0.264 e. The first kappa shape index (κ1) is 34.6. The van der Waals surface area contributed by atoms with Crippen LogP contribution in [-0.2, 0) is 32.6 Å². The minimum absolute atomic E-state index is 0.0116. The molecule has 10 heteroatoms. The number of ether oxygens (including phenoxy) is 1. The molecule has 48 heavy (non-hydrogen) atoms. The SMILES string of the molecule is COc1cccc(N(CC(=O)N(Cc2ccc(F)cc2)[C@H](Cc2ccccc2)C(=O)NC2CCCCC2)S(=O)(=O)c2ccc(C)cc2)c1. The molecule has 4 aromatic rings. The van der Waals surface area contributed by atoms with Crippen LogP contribution in [0, 0.1) is 12.7 Å². The van der Waals surface area contributed by atoms with Crippen molar-refractivity contribution in [3.63, 3.8) is 0 Å². The van der Waals surface area contributed by atoms with E-state index in [1.807, 2.05) is 37.3 Å². The summed E-state index contributed by atoms with van der Waals surface area (Å²) in [6.45, 7) is 1.23. The van der Waals surface area contributed by atoms with Crippen LogP contribution in [0.2, 0.25) is 0 Å². The monoisotopic (exact) mass is 671 g/mol. The minimum Gasteiger partial charge on any atom is -0.497 e. The zero-order chi connectivity index (χ0) is 34.1. The largest absolute Gasteiger partial charge is 0.497 e. The quantitative estimate of drug-likeness (QED) is 0.177. The molecule has 1 saturated carbocycles. The number of rotatable bonds is 13. The smallest absolute Gasteiger partial charge is 0.264 e. The number of aryl methyl sites for hydroxylation is 1. The number of methoxy groups -OCH3 is 1. The Labute approximate surface area is 282 Å². The van der Waals surface area contributed by atoms with Crippen molar-refractivity contribution in [2.45, 2.75) is 69.0 Å². The molecule has 0 bridgehead atoms. The van der Waals surface area contributed by atoms with Crippen LogP contribution in [0.15, 0.2) is 108 Å². The van der Waals surface area contributed by atoms with Crippen LogP contribution in [0.5, 0.6) is 5.75 Å². The van der Waals surface area contributed by atoms with Gasteiger partial charge in [-0.15, -0.1) is 0 Å². The molecule has 0 saturated heterocycles. The van der Waals surface area contributed by atoms with Gasteiger partial charge in [0.1, 0.15) is 24.2 Å². The third-order valence-electron chi connectivity index (χ3n) is 8.72. The van der Waals surface area contributed by atoms with E-state index in [4.69, 9.17) is 4.74 Å². The Morgan fingerprint density at radius 1 is 0.875 bits per heavy atom. The summed E-state index contributed by atoms with van der Waals surface area (Å²) < 4.78 is 48.9. The number of nitrogens with one attached hydrogen (secondary N) is 1. The van der Waals surface area contributed by atoms with Crippen LogP contribution in [0.25, 0.3) is 0 Å². The Morgan fingerprint density at radius 3 is 2.23 bits per heavy atom. The number of carbonyl (C=O) groups excluding carboxylic acids is 2. The summed E-state index contributed by atoms with van der Waals surface area (Å²) in [5.41, 5.74) is 2.56. The van der Waals surface area contributed by atoms with Crippen molar-refractivity contribution in [3.8, 4) is 5.75 Å². The molecule has 4 aromatic carbocycles. The molecule has 8 nitrogen and oxygen atoms in total. The Bertz CT molecular complexity index is 1780. The van der Waals surface area contributed by atoms with Crippen molar-refractivity contribution >= 4 is 27.5 Å². The van der Waals surface area contributed by atoms with Crippen LogP contribution in [0.1, 0.15) is 48.8 Å². The van der Waals surface area contributed by atoms with Crippen LogP contribution >= 0.6 is 0 Å². The molecule has 252 valence electrons. The number of nitrogens with zero attached hydrogens (tertiary/aromatic N) is 2. The second-order valence-electron chi connectivity index (χ2n) is 12.2. The summed E-state index contributed by atoms with van der Waals surface area (Å²) in [6, 6.07) is 27.1. The molecule has 0 unspecified atom stereocenters. The van der Waals surface area contributed by atoms with E-state index in [0.29, 0.717) is 11.3 Å². The van der Waals surface area contributed by atoms with Gasteiger partial charge in [0.05, 0.1) is 17.7 Å². The van der Waals surface area contributed by atoms with Gasteiger partial charge in [-0.3, -0.25) is 13.9 Å². The lowest BCUT2D eigenvalue weighted by molar-refractivity contribution is -0.140. The van der Waals surface area contributed by atoms with Gasteiger partial charge in [-0.05, 0) is 67.3 Å². The number of hydrogen-bond donors (Lipinski definition) is 1. The number of sulfonamides is 1. The molecule has 1 N–H and O–H groups in total. The van der Waals surface area contributed by atoms with Gasteiger partial charge in [0.15, 0.2) is 0 Å². The molecule has 0 spiro atoms. The molecule has 1 aliphatic rings. The zero-order valence-corrected chi connectivity index (χ0v) is 28.2. The average molecular weight is 672 g/mol. The third kappa shape index (κ3) is 8.80. The molecular weight excluding hydrogens is 629 g/mol. The van der Waals surface area contributed by atoms with Crippen LogP contribution < -0.4 is 14.4 Å². The minimum atomic E-state index is -4.25. The molecule has 5 rings (SSSR count). The van der Waals surface area contributed by atoms with Gasteiger partial charge in [-0.1, -0.05) is 85.5 Å². The van der Waals surface area contributed by atoms with Crippen molar-refractivity contribution in [2.24, 2.45) is 0 Å². The lowest BCUT2D eigenvalue weighted by atomic mass is 9.94. The van der Waals surface area contributed by atoms with E-state index in [1.54, 1.807) is 48.5 Å². The van der Waals surface area contributed by atoms with E-state index in [-0.39, 0.29) is 35.5 Å². The van der Waals surface area contributed by atoms with Crippen molar-refractivity contribution in [2.75, 3.05) is 18.0 Å². The third-order valence-corrected chi connectivity index (χ3v) is 10.5. The van der Waals surface area contributed by atoms with Crippen molar-refractivity contribution in [1.29, 1.82) is 0 Å².